The second-order valence-electron chi connectivity index (χ2n) is 5.17. The molecule has 2 heterocycles. The molecule has 18 heavy (non-hydrogen) atoms. The zero-order valence-electron chi connectivity index (χ0n) is 10.2. The van der Waals surface area contributed by atoms with Crippen molar-refractivity contribution in [2.45, 2.75) is 38.1 Å². The summed E-state index contributed by atoms with van der Waals surface area (Å²) in [5.41, 5.74) is 0.276. The first-order valence-electron chi connectivity index (χ1n) is 6.59. The standard InChI is InChI=1S/C13H17N3O2/c17-13(18)10-6-7-14-15-12(10)16-8-2-4-9-3-1-5-11(9)16/h6-7,9,11H,1-5,8H2,(H,17,18). The number of aromatic carboxylic acids is 1. The van der Waals surface area contributed by atoms with Gasteiger partial charge >= 0.3 is 5.97 Å². The van der Waals surface area contributed by atoms with Crippen molar-refractivity contribution in [2.75, 3.05) is 11.4 Å². The third kappa shape index (κ3) is 1.83. The first kappa shape index (κ1) is 11.4. The summed E-state index contributed by atoms with van der Waals surface area (Å²) in [5.74, 6) is 0.351. The van der Waals surface area contributed by atoms with Crippen molar-refractivity contribution in [2.24, 2.45) is 5.92 Å². The maximum atomic E-state index is 11.3. The Morgan fingerprint density at radius 3 is 3.00 bits per heavy atom. The van der Waals surface area contributed by atoms with Crippen LogP contribution >= 0.6 is 0 Å². The van der Waals surface area contributed by atoms with Crippen molar-refractivity contribution in [3.63, 3.8) is 0 Å². The van der Waals surface area contributed by atoms with Gasteiger partial charge in [-0.3, -0.25) is 0 Å². The predicted octanol–water partition coefficient (Wildman–Crippen LogP) is 1.94. The van der Waals surface area contributed by atoms with Gasteiger partial charge in [-0.25, -0.2) is 4.79 Å². The number of nitrogens with zero attached hydrogens (tertiary/aromatic N) is 3. The maximum absolute atomic E-state index is 11.3. The van der Waals surface area contributed by atoms with Gasteiger partial charge in [0.05, 0.1) is 6.20 Å². The Balaban J connectivity index is 1.96. The highest BCUT2D eigenvalue weighted by Gasteiger charge is 2.37. The fourth-order valence-corrected chi connectivity index (χ4v) is 3.42. The fraction of sp³-hybridized carbons (Fsp3) is 0.615. The maximum Gasteiger partial charge on any atom is 0.339 e. The molecule has 2 atom stereocenters. The number of carbonyl (C=O) groups is 1. The van der Waals surface area contributed by atoms with Gasteiger partial charge in [0.15, 0.2) is 5.82 Å². The largest absolute Gasteiger partial charge is 0.478 e. The van der Waals surface area contributed by atoms with Crippen LogP contribution < -0.4 is 4.90 Å². The van der Waals surface area contributed by atoms with E-state index < -0.39 is 5.97 Å². The smallest absolute Gasteiger partial charge is 0.339 e. The minimum absolute atomic E-state index is 0.276. The zero-order chi connectivity index (χ0) is 12.5. The van der Waals surface area contributed by atoms with E-state index >= 15 is 0 Å². The number of hydrogen-bond donors (Lipinski definition) is 1. The van der Waals surface area contributed by atoms with Gasteiger partial charge in [0.2, 0.25) is 0 Å². The van der Waals surface area contributed by atoms with E-state index in [4.69, 9.17) is 0 Å². The monoisotopic (exact) mass is 247 g/mol. The highest BCUT2D eigenvalue weighted by atomic mass is 16.4. The minimum Gasteiger partial charge on any atom is -0.478 e. The Morgan fingerprint density at radius 2 is 2.17 bits per heavy atom. The minimum atomic E-state index is -0.917. The third-order valence-corrected chi connectivity index (χ3v) is 4.20. The molecular weight excluding hydrogens is 230 g/mol. The Kier molecular flexibility index (Phi) is 2.89. The summed E-state index contributed by atoms with van der Waals surface area (Å²) in [4.78, 5) is 13.4. The molecule has 5 heteroatoms. The number of rotatable bonds is 2. The van der Waals surface area contributed by atoms with Crippen LogP contribution in [0, 0.1) is 5.92 Å². The molecule has 1 aliphatic heterocycles. The van der Waals surface area contributed by atoms with Gasteiger partial charge in [-0.2, -0.15) is 5.10 Å². The Bertz CT molecular complexity index is 463. The number of aromatic nitrogens is 2. The highest BCUT2D eigenvalue weighted by Crippen LogP contribution is 2.39. The van der Waals surface area contributed by atoms with E-state index in [2.05, 4.69) is 15.1 Å². The summed E-state index contributed by atoms with van der Waals surface area (Å²) >= 11 is 0. The van der Waals surface area contributed by atoms with Crippen molar-refractivity contribution in [1.29, 1.82) is 0 Å². The van der Waals surface area contributed by atoms with Crippen LogP contribution in [-0.4, -0.2) is 33.9 Å². The van der Waals surface area contributed by atoms with Crippen molar-refractivity contribution >= 4 is 11.8 Å². The lowest BCUT2D eigenvalue weighted by molar-refractivity contribution is 0.0696. The summed E-state index contributed by atoms with van der Waals surface area (Å²) in [6.07, 6.45) is 7.50. The van der Waals surface area contributed by atoms with E-state index in [0.29, 0.717) is 17.8 Å². The summed E-state index contributed by atoms with van der Waals surface area (Å²) in [6, 6.07) is 2.01. The molecule has 3 rings (SSSR count). The van der Waals surface area contributed by atoms with Crippen LogP contribution in [0.2, 0.25) is 0 Å². The van der Waals surface area contributed by atoms with Gasteiger partial charge in [0.25, 0.3) is 0 Å². The van der Waals surface area contributed by atoms with Crippen LogP contribution in [0.15, 0.2) is 12.3 Å². The van der Waals surface area contributed by atoms with Gasteiger partial charge in [-0.1, -0.05) is 6.42 Å². The SMILES string of the molecule is O=C(O)c1ccnnc1N1CCCC2CCCC21. The molecule has 1 saturated heterocycles. The number of hydrogen-bond acceptors (Lipinski definition) is 4. The topological polar surface area (TPSA) is 66.3 Å². The van der Waals surface area contributed by atoms with Crippen molar-refractivity contribution in [3.05, 3.63) is 17.8 Å². The number of fused-ring (bicyclic) bond motifs is 1. The van der Waals surface area contributed by atoms with Crippen LogP contribution in [0.4, 0.5) is 5.82 Å². The molecule has 0 bridgehead atoms. The van der Waals surface area contributed by atoms with Gasteiger partial charge in [0, 0.05) is 12.6 Å². The molecule has 1 N–H and O–H groups in total. The Labute approximate surface area is 106 Å². The average molecular weight is 247 g/mol. The Hall–Kier alpha value is -1.65. The van der Waals surface area contributed by atoms with Crippen molar-refractivity contribution in [3.8, 4) is 0 Å². The van der Waals surface area contributed by atoms with E-state index in [1.54, 1.807) is 6.07 Å². The summed E-state index contributed by atoms with van der Waals surface area (Å²) < 4.78 is 0. The van der Waals surface area contributed by atoms with Crippen molar-refractivity contribution in [1.82, 2.24) is 10.2 Å². The van der Waals surface area contributed by atoms with Crippen LogP contribution in [0.3, 0.4) is 0 Å². The van der Waals surface area contributed by atoms with Gasteiger partial charge < -0.3 is 10.0 Å². The van der Waals surface area contributed by atoms with Crippen molar-refractivity contribution < 1.29 is 9.90 Å². The lowest BCUT2D eigenvalue weighted by Gasteiger charge is -2.38. The Morgan fingerprint density at radius 1 is 1.33 bits per heavy atom. The molecule has 2 aliphatic rings. The number of carboxylic acid groups (broad SMARTS) is 1. The fourth-order valence-electron chi connectivity index (χ4n) is 3.42. The molecule has 2 fully saturated rings. The first-order valence-corrected chi connectivity index (χ1v) is 6.59. The molecule has 0 radical (unpaired) electrons. The molecule has 5 nitrogen and oxygen atoms in total. The molecule has 1 aromatic rings. The van der Waals surface area contributed by atoms with E-state index in [1.807, 2.05) is 0 Å². The second-order valence-corrected chi connectivity index (χ2v) is 5.17. The van der Waals surface area contributed by atoms with E-state index in [1.165, 1.54) is 25.5 Å². The molecule has 0 spiro atoms. The molecule has 1 aromatic heterocycles. The highest BCUT2D eigenvalue weighted by molar-refractivity contribution is 5.93. The van der Waals surface area contributed by atoms with Crippen LogP contribution in [0.1, 0.15) is 42.5 Å². The average Bonchev–Trinajstić information content (AvgIpc) is 2.86. The molecule has 1 aliphatic carbocycles. The summed E-state index contributed by atoms with van der Waals surface area (Å²) in [7, 11) is 0. The summed E-state index contributed by atoms with van der Waals surface area (Å²) in [6.45, 7) is 0.903. The van der Waals surface area contributed by atoms with E-state index in [9.17, 15) is 9.90 Å². The molecule has 1 saturated carbocycles. The first-order chi connectivity index (χ1) is 8.77. The third-order valence-electron chi connectivity index (χ3n) is 4.20. The van der Waals surface area contributed by atoms with Gasteiger partial charge in [0.1, 0.15) is 5.56 Å². The molecule has 0 amide bonds. The van der Waals surface area contributed by atoms with E-state index in [-0.39, 0.29) is 5.56 Å². The summed E-state index contributed by atoms with van der Waals surface area (Å²) in [5, 5.41) is 17.2. The lowest BCUT2D eigenvalue weighted by atomic mass is 9.91. The van der Waals surface area contributed by atoms with Gasteiger partial charge in [-0.05, 0) is 37.7 Å². The van der Waals surface area contributed by atoms with E-state index in [0.717, 1.165) is 19.4 Å². The molecular formula is C13H17N3O2. The normalized spacial score (nSPS) is 27.0. The van der Waals surface area contributed by atoms with Crippen LogP contribution in [0.25, 0.3) is 0 Å². The number of anilines is 1. The zero-order valence-corrected chi connectivity index (χ0v) is 10.2. The molecule has 0 aromatic carbocycles. The molecule has 96 valence electrons. The lowest BCUT2D eigenvalue weighted by Crippen LogP contribution is -2.43. The quantitative estimate of drug-likeness (QED) is 0.865. The second kappa shape index (κ2) is 4.55. The number of piperidine rings is 1. The van der Waals surface area contributed by atoms with Crippen LogP contribution in [0.5, 0.6) is 0 Å². The predicted molar refractivity (Wildman–Crippen MR) is 66.7 cm³/mol. The number of carboxylic acids is 1. The van der Waals surface area contributed by atoms with Crippen LogP contribution in [-0.2, 0) is 0 Å². The van der Waals surface area contributed by atoms with Gasteiger partial charge in [-0.15, -0.1) is 5.10 Å². The molecule has 2 unspecified atom stereocenters.